The quantitative estimate of drug-likeness (QED) is 0.719. The number of hydrogen-bond acceptors (Lipinski definition) is 4. The fourth-order valence-corrected chi connectivity index (χ4v) is 4.00. The number of carbonyl (C=O) groups excluding carboxylic acids is 1. The van der Waals surface area contributed by atoms with Gasteiger partial charge >= 0.3 is 0 Å². The fourth-order valence-electron chi connectivity index (χ4n) is 2.66. The summed E-state index contributed by atoms with van der Waals surface area (Å²) in [4.78, 5) is 11.9. The van der Waals surface area contributed by atoms with E-state index in [0.717, 1.165) is 24.8 Å². The standard InChI is InChI=1S/C14H19N3O3S.ClH/c15-8-13(10-1-2-10)17-21(19,20)11-4-3-9-5-6-16-14(18)12(9)7-11;/h3-4,7,10,13,17H,1-2,5-6,8,15H2,(H,16,18);1H. The zero-order chi connectivity index (χ0) is 15.0. The Hall–Kier alpha value is -1.15. The topological polar surface area (TPSA) is 101 Å². The van der Waals surface area contributed by atoms with E-state index in [2.05, 4.69) is 10.0 Å². The van der Waals surface area contributed by atoms with Crippen LogP contribution in [0.25, 0.3) is 0 Å². The summed E-state index contributed by atoms with van der Waals surface area (Å²) in [5.74, 6) is 0.122. The van der Waals surface area contributed by atoms with Crippen molar-refractivity contribution in [1.29, 1.82) is 0 Å². The van der Waals surface area contributed by atoms with Crippen LogP contribution in [0.2, 0.25) is 0 Å². The van der Waals surface area contributed by atoms with Crippen molar-refractivity contribution in [1.82, 2.24) is 10.0 Å². The van der Waals surface area contributed by atoms with Crippen LogP contribution in [-0.2, 0) is 16.4 Å². The minimum absolute atomic E-state index is 0. The molecule has 1 aliphatic carbocycles. The molecule has 1 aliphatic heterocycles. The summed E-state index contributed by atoms with van der Waals surface area (Å²) in [6, 6.07) is 4.50. The molecule has 3 rings (SSSR count). The second-order valence-corrected chi connectivity index (χ2v) is 7.34. The molecule has 1 atom stereocenters. The number of nitrogens with one attached hydrogen (secondary N) is 2. The summed E-state index contributed by atoms with van der Waals surface area (Å²) in [7, 11) is -3.64. The molecule has 122 valence electrons. The molecule has 1 aromatic rings. The third-order valence-corrected chi connectivity index (χ3v) is 5.56. The largest absolute Gasteiger partial charge is 0.352 e. The average molecular weight is 346 g/mol. The number of amides is 1. The first kappa shape index (κ1) is 17.2. The summed E-state index contributed by atoms with van der Waals surface area (Å²) in [5.41, 5.74) is 6.97. The minimum Gasteiger partial charge on any atom is -0.352 e. The monoisotopic (exact) mass is 345 g/mol. The van der Waals surface area contributed by atoms with Crippen LogP contribution >= 0.6 is 12.4 Å². The highest BCUT2D eigenvalue weighted by atomic mass is 35.5. The normalized spacial score (nSPS) is 18.9. The van der Waals surface area contributed by atoms with Crippen LogP contribution in [0.1, 0.15) is 28.8 Å². The summed E-state index contributed by atoms with van der Waals surface area (Å²) < 4.78 is 27.5. The van der Waals surface area contributed by atoms with Gasteiger partial charge in [-0.2, -0.15) is 0 Å². The van der Waals surface area contributed by atoms with Crippen molar-refractivity contribution < 1.29 is 13.2 Å². The van der Waals surface area contributed by atoms with E-state index in [1.165, 1.54) is 6.07 Å². The predicted octanol–water partition coefficient (Wildman–Crippen LogP) is 0.410. The van der Waals surface area contributed by atoms with Gasteiger partial charge in [0.2, 0.25) is 10.0 Å². The number of nitrogens with two attached hydrogens (primary N) is 1. The molecule has 0 radical (unpaired) electrons. The molecule has 4 N–H and O–H groups in total. The molecule has 0 bridgehead atoms. The van der Waals surface area contributed by atoms with Crippen LogP contribution in [0, 0.1) is 5.92 Å². The van der Waals surface area contributed by atoms with Gasteiger partial charge in [-0.1, -0.05) is 6.07 Å². The first-order valence-electron chi connectivity index (χ1n) is 7.15. The molecule has 0 saturated heterocycles. The first-order valence-corrected chi connectivity index (χ1v) is 8.63. The van der Waals surface area contributed by atoms with Crippen molar-refractivity contribution >= 4 is 28.3 Å². The second-order valence-electron chi connectivity index (χ2n) is 5.63. The molecular weight excluding hydrogens is 326 g/mol. The Kier molecular flexibility index (Phi) is 5.11. The molecule has 1 unspecified atom stereocenters. The van der Waals surface area contributed by atoms with Crippen LogP contribution in [0.4, 0.5) is 0 Å². The summed E-state index contributed by atoms with van der Waals surface area (Å²) in [5, 5.41) is 2.72. The van der Waals surface area contributed by atoms with E-state index < -0.39 is 10.0 Å². The Morgan fingerprint density at radius 2 is 2.09 bits per heavy atom. The maximum absolute atomic E-state index is 12.4. The SMILES string of the molecule is Cl.NCC(NS(=O)(=O)c1ccc2c(c1)C(=O)NCC2)C1CC1. The maximum atomic E-state index is 12.4. The number of rotatable bonds is 5. The predicted molar refractivity (Wildman–Crippen MR) is 85.6 cm³/mol. The average Bonchev–Trinajstić information content (AvgIpc) is 3.29. The van der Waals surface area contributed by atoms with Gasteiger partial charge in [0.15, 0.2) is 0 Å². The number of hydrogen-bond donors (Lipinski definition) is 3. The van der Waals surface area contributed by atoms with Gasteiger partial charge in [-0.15, -0.1) is 12.4 Å². The van der Waals surface area contributed by atoms with Crippen molar-refractivity contribution in [3.63, 3.8) is 0 Å². The highest BCUT2D eigenvalue weighted by molar-refractivity contribution is 7.89. The van der Waals surface area contributed by atoms with Crippen LogP contribution < -0.4 is 15.8 Å². The van der Waals surface area contributed by atoms with Crippen LogP contribution in [0.15, 0.2) is 23.1 Å². The molecule has 1 heterocycles. The summed E-state index contributed by atoms with van der Waals surface area (Å²) in [6.07, 6.45) is 2.75. The summed E-state index contributed by atoms with van der Waals surface area (Å²) in [6.45, 7) is 0.877. The van der Waals surface area contributed by atoms with E-state index in [1.54, 1.807) is 12.1 Å². The van der Waals surface area contributed by atoms with E-state index in [1.807, 2.05) is 0 Å². The van der Waals surface area contributed by atoms with E-state index in [-0.39, 0.29) is 35.8 Å². The maximum Gasteiger partial charge on any atom is 0.251 e. The van der Waals surface area contributed by atoms with Gasteiger partial charge in [0.25, 0.3) is 5.91 Å². The molecule has 0 spiro atoms. The lowest BCUT2D eigenvalue weighted by Gasteiger charge is -2.19. The van der Waals surface area contributed by atoms with Gasteiger partial charge in [-0.05, 0) is 42.9 Å². The number of halogens is 1. The van der Waals surface area contributed by atoms with Crippen molar-refractivity contribution in [3.05, 3.63) is 29.3 Å². The van der Waals surface area contributed by atoms with Crippen molar-refractivity contribution in [2.75, 3.05) is 13.1 Å². The molecule has 1 fully saturated rings. The lowest BCUT2D eigenvalue weighted by molar-refractivity contribution is 0.0945. The number of sulfonamides is 1. The van der Waals surface area contributed by atoms with Crippen LogP contribution in [0.3, 0.4) is 0 Å². The second kappa shape index (κ2) is 6.54. The first-order chi connectivity index (χ1) is 10.0. The van der Waals surface area contributed by atoms with Gasteiger partial charge in [0, 0.05) is 24.7 Å². The zero-order valence-corrected chi connectivity index (χ0v) is 13.7. The Balaban J connectivity index is 0.00000176. The highest BCUT2D eigenvalue weighted by Gasteiger charge is 2.33. The molecule has 22 heavy (non-hydrogen) atoms. The molecule has 1 aromatic carbocycles. The smallest absolute Gasteiger partial charge is 0.251 e. The number of carbonyl (C=O) groups is 1. The van der Waals surface area contributed by atoms with Crippen molar-refractivity contribution in [3.8, 4) is 0 Å². The summed E-state index contributed by atoms with van der Waals surface area (Å²) >= 11 is 0. The molecule has 0 aromatic heterocycles. The minimum atomic E-state index is -3.64. The zero-order valence-electron chi connectivity index (χ0n) is 12.0. The van der Waals surface area contributed by atoms with Crippen molar-refractivity contribution in [2.45, 2.75) is 30.2 Å². The van der Waals surface area contributed by atoms with Crippen LogP contribution in [-0.4, -0.2) is 33.5 Å². The number of benzene rings is 1. The Morgan fingerprint density at radius 1 is 1.36 bits per heavy atom. The van der Waals surface area contributed by atoms with Gasteiger partial charge < -0.3 is 11.1 Å². The highest BCUT2D eigenvalue weighted by Crippen LogP contribution is 2.33. The number of fused-ring (bicyclic) bond motifs is 1. The van der Waals surface area contributed by atoms with E-state index in [9.17, 15) is 13.2 Å². The Labute approximate surface area is 136 Å². The van der Waals surface area contributed by atoms with Gasteiger partial charge in [-0.25, -0.2) is 13.1 Å². The lowest BCUT2D eigenvalue weighted by Crippen LogP contribution is -2.41. The van der Waals surface area contributed by atoms with Gasteiger partial charge in [-0.3, -0.25) is 4.79 Å². The Bertz CT molecular complexity index is 674. The molecule has 6 nitrogen and oxygen atoms in total. The van der Waals surface area contributed by atoms with Crippen molar-refractivity contribution in [2.24, 2.45) is 11.7 Å². The molecule has 2 aliphatic rings. The third kappa shape index (κ3) is 3.43. The van der Waals surface area contributed by atoms with E-state index in [4.69, 9.17) is 5.73 Å². The molecule has 1 saturated carbocycles. The van der Waals surface area contributed by atoms with Gasteiger partial charge in [0.1, 0.15) is 0 Å². The molecule has 8 heteroatoms. The fraction of sp³-hybridized carbons (Fsp3) is 0.500. The van der Waals surface area contributed by atoms with E-state index >= 15 is 0 Å². The van der Waals surface area contributed by atoms with Gasteiger partial charge in [0.05, 0.1) is 4.90 Å². The Morgan fingerprint density at radius 3 is 2.73 bits per heavy atom. The molecular formula is C14H20ClN3O3S. The lowest BCUT2D eigenvalue weighted by atomic mass is 10.0. The van der Waals surface area contributed by atoms with Crippen LogP contribution in [0.5, 0.6) is 0 Å². The van der Waals surface area contributed by atoms with E-state index in [0.29, 0.717) is 18.0 Å². The molecule has 1 amide bonds. The third-order valence-electron chi connectivity index (χ3n) is 4.07.